The Balaban J connectivity index is 0.000000908. The summed E-state index contributed by atoms with van der Waals surface area (Å²) in [6, 6.07) is 6.31. The minimum atomic E-state index is -5.08. The lowest BCUT2D eigenvalue weighted by atomic mass is 9.83. The van der Waals surface area contributed by atoms with Crippen molar-refractivity contribution in [1.29, 1.82) is 0 Å². The normalized spacial score (nSPS) is 14.0. The van der Waals surface area contributed by atoms with Crippen molar-refractivity contribution < 1.29 is 69.3 Å². The van der Waals surface area contributed by atoms with Crippen molar-refractivity contribution in [2.75, 3.05) is 10.6 Å². The predicted octanol–water partition coefficient (Wildman–Crippen LogP) is 8.88. The van der Waals surface area contributed by atoms with Crippen LogP contribution in [0.3, 0.4) is 0 Å². The second-order valence-electron chi connectivity index (χ2n) is 10.8. The third-order valence-corrected chi connectivity index (χ3v) is 7.77. The maximum Gasteiger partial charge on any atom is 0.573 e. The molecule has 0 unspecified atom stereocenters. The van der Waals surface area contributed by atoms with Gasteiger partial charge in [0.1, 0.15) is 11.8 Å². The molecule has 0 bridgehead atoms. The van der Waals surface area contributed by atoms with Crippen molar-refractivity contribution in [3.8, 4) is 16.9 Å². The van der Waals surface area contributed by atoms with Crippen LogP contribution in [0.4, 0.5) is 51.3 Å². The number of benzene rings is 3. The molecule has 0 saturated heterocycles. The molecule has 1 saturated carbocycles. The van der Waals surface area contributed by atoms with Crippen LogP contribution < -0.4 is 20.7 Å². The van der Waals surface area contributed by atoms with Crippen LogP contribution >= 0.6 is 23.2 Å². The van der Waals surface area contributed by atoms with Gasteiger partial charge in [0.05, 0.1) is 27.0 Å². The third-order valence-electron chi connectivity index (χ3n) is 7.17. The Bertz CT molecular complexity index is 1760. The highest BCUT2D eigenvalue weighted by atomic mass is 35.5. The number of ether oxygens (including phenoxy) is 1. The summed E-state index contributed by atoms with van der Waals surface area (Å²) in [5, 5.41) is 23.3. The number of halogens is 10. The van der Waals surface area contributed by atoms with E-state index in [0.29, 0.717) is 12.8 Å². The molecule has 0 aliphatic heterocycles. The minimum Gasteiger partial charge on any atom is -0.480 e. The summed E-state index contributed by atoms with van der Waals surface area (Å²) in [5.41, 5.74) is -0.177. The van der Waals surface area contributed by atoms with Crippen LogP contribution in [0.2, 0.25) is 10.0 Å². The van der Waals surface area contributed by atoms with Crippen LogP contribution in [-0.4, -0.2) is 52.7 Å². The molecule has 3 amide bonds. The highest BCUT2D eigenvalue weighted by molar-refractivity contribution is 6.40. The van der Waals surface area contributed by atoms with Crippen molar-refractivity contribution in [3.63, 3.8) is 0 Å². The van der Waals surface area contributed by atoms with Gasteiger partial charge in [-0.25, -0.2) is 23.2 Å². The molecular weight excluding hydrogens is 749 g/mol. The van der Waals surface area contributed by atoms with Crippen molar-refractivity contribution in [2.24, 2.45) is 5.92 Å². The lowest BCUT2D eigenvalue weighted by Gasteiger charge is -2.28. The molecule has 0 spiro atoms. The van der Waals surface area contributed by atoms with Crippen LogP contribution in [0.5, 0.6) is 5.75 Å². The fraction of sp³-hybridized carbons (Fsp3) is 0.290. The van der Waals surface area contributed by atoms with Crippen LogP contribution in [0.1, 0.15) is 42.5 Å². The number of carbonyl (C=O) groups excluding carboxylic acids is 2. The zero-order valence-electron chi connectivity index (χ0n) is 25.5. The van der Waals surface area contributed by atoms with Gasteiger partial charge < -0.3 is 30.9 Å². The number of carboxylic acids is 2. The molecule has 5 N–H and O–H groups in total. The maximum atomic E-state index is 13.9. The molecule has 0 radical (unpaired) electrons. The fourth-order valence-corrected chi connectivity index (χ4v) is 5.46. The second-order valence-corrected chi connectivity index (χ2v) is 11.6. The number of hydrogen-bond acceptors (Lipinski definition) is 5. The van der Waals surface area contributed by atoms with Crippen LogP contribution in [-0.2, 0) is 9.59 Å². The molecule has 1 fully saturated rings. The van der Waals surface area contributed by atoms with Crippen molar-refractivity contribution >= 4 is 58.5 Å². The van der Waals surface area contributed by atoms with E-state index in [4.69, 9.17) is 33.1 Å². The molecule has 1 aliphatic rings. The first-order valence-electron chi connectivity index (χ1n) is 14.4. The van der Waals surface area contributed by atoms with E-state index in [-0.39, 0.29) is 34.0 Å². The molecule has 1 atom stereocenters. The van der Waals surface area contributed by atoms with Gasteiger partial charge in [0.25, 0.3) is 5.91 Å². The number of alkyl halides is 6. The zero-order valence-corrected chi connectivity index (χ0v) is 27.0. The molecule has 10 nitrogen and oxygen atoms in total. The van der Waals surface area contributed by atoms with Crippen molar-refractivity contribution in [1.82, 2.24) is 5.32 Å². The summed E-state index contributed by atoms with van der Waals surface area (Å²) in [6.07, 6.45) is -6.31. The average molecular weight is 774 g/mol. The number of carbonyl (C=O) groups is 4. The lowest BCUT2D eigenvalue weighted by Crippen LogP contribution is -2.46. The van der Waals surface area contributed by atoms with Crippen molar-refractivity contribution in [2.45, 2.75) is 50.7 Å². The van der Waals surface area contributed by atoms with Gasteiger partial charge in [-0.05, 0) is 54.2 Å². The number of urea groups is 1. The van der Waals surface area contributed by atoms with Gasteiger partial charge in [-0.2, -0.15) is 13.2 Å². The highest BCUT2D eigenvalue weighted by Crippen LogP contribution is 2.37. The van der Waals surface area contributed by atoms with E-state index in [1.165, 1.54) is 24.3 Å². The Morgan fingerprint density at radius 3 is 1.84 bits per heavy atom. The zero-order chi connectivity index (χ0) is 38.3. The molecule has 51 heavy (non-hydrogen) atoms. The van der Waals surface area contributed by atoms with E-state index in [2.05, 4.69) is 20.7 Å². The van der Waals surface area contributed by atoms with Gasteiger partial charge in [-0.15, -0.1) is 13.2 Å². The molecular formula is C31H25Cl2F8N3O7. The summed E-state index contributed by atoms with van der Waals surface area (Å²) < 4.78 is 101. The highest BCUT2D eigenvalue weighted by Gasteiger charge is 2.38. The summed E-state index contributed by atoms with van der Waals surface area (Å²) in [4.78, 5) is 47.3. The molecule has 0 aromatic heterocycles. The SMILES string of the molecule is O=C(Nc1cc(-c2ccc(F)c(F)c2)ccc1C(=O)N[C@H](C(=O)O)C1CCCCC1)Nc1c(Cl)cc(OC(F)(F)F)cc1Cl.O=C(O)C(F)(F)F. The number of aliphatic carboxylic acids is 2. The molecule has 1 aliphatic carbocycles. The van der Waals surface area contributed by atoms with Gasteiger partial charge >= 0.3 is 30.5 Å². The van der Waals surface area contributed by atoms with Gasteiger partial charge in [0.15, 0.2) is 11.6 Å². The lowest BCUT2D eigenvalue weighted by molar-refractivity contribution is -0.274. The van der Waals surface area contributed by atoms with E-state index in [1.54, 1.807) is 0 Å². The van der Waals surface area contributed by atoms with Gasteiger partial charge in [0.2, 0.25) is 0 Å². The summed E-state index contributed by atoms with van der Waals surface area (Å²) in [6.45, 7) is 0. The smallest absolute Gasteiger partial charge is 0.480 e. The molecule has 0 heterocycles. The quantitative estimate of drug-likeness (QED) is 0.143. The topological polar surface area (TPSA) is 154 Å². The fourth-order valence-electron chi connectivity index (χ4n) is 4.90. The molecule has 3 aromatic rings. The second kappa shape index (κ2) is 16.9. The average Bonchev–Trinajstić information content (AvgIpc) is 3.02. The first-order valence-corrected chi connectivity index (χ1v) is 15.2. The maximum absolute atomic E-state index is 13.9. The monoisotopic (exact) mass is 773 g/mol. The number of carboxylic acid groups (broad SMARTS) is 2. The van der Waals surface area contributed by atoms with Gasteiger partial charge in [-0.1, -0.05) is 54.6 Å². The van der Waals surface area contributed by atoms with E-state index < -0.39 is 69.9 Å². The summed E-state index contributed by atoms with van der Waals surface area (Å²) in [5.74, 6) is -8.09. The van der Waals surface area contributed by atoms with Crippen LogP contribution in [0, 0.1) is 17.6 Å². The Kier molecular flexibility index (Phi) is 13.5. The Labute approximate surface area is 292 Å². The summed E-state index contributed by atoms with van der Waals surface area (Å²) >= 11 is 12.1. The Hall–Kier alpha value is -4.84. The number of anilines is 2. The van der Waals surface area contributed by atoms with Crippen molar-refractivity contribution in [3.05, 3.63) is 75.8 Å². The van der Waals surface area contributed by atoms with E-state index in [9.17, 15) is 54.6 Å². The molecule has 3 aromatic carbocycles. The number of rotatable bonds is 8. The first-order chi connectivity index (χ1) is 23.7. The Morgan fingerprint density at radius 2 is 1.33 bits per heavy atom. The van der Waals surface area contributed by atoms with E-state index in [0.717, 1.165) is 43.5 Å². The first kappa shape index (κ1) is 40.6. The standard InChI is InChI=1S/C29H24Cl2F5N3O5.C2HF3O2/c30-19-12-17(44-29(34,35)36)13-20(31)25(19)39-28(43)37-23-11-16(15-7-9-21(32)22(33)10-15)6-8-18(23)26(40)38-24(27(41)42)14-4-2-1-3-5-14;3-2(4,5)1(6)7/h6-14,24H,1-5H2,(H,38,40)(H,41,42)(H2,37,39,43);(H,6,7)/t24-;/m0./s1. The Morgan fingerprint density at radius 1 is 0.784 bits per heavy atom. The van der Waals surface area contributed by atoms with Crippen LogP contribution in [0.25, 0.3) is 11.1 Å². The number of hydrogen-bond donors (Lipinski definition) is 5. The number of nitrogens with one attached hydrogen (secondary N) is 3. The van der Waals surface area contributed by atoms with E-state index >= 15 is 0 Å². The molecule has 4 rings (SSSR count). The van der Waals surface area contributed by atoms with E-state index in [1.807, 2.05) is 0 Å². The summed E-state index contributed by atoms with van der Waals surface area (Å²) in [7, 11) is 0. The molecule has 20 heteroatoms. The predicted molar refractivity (Wildman–Crippen MR) is 167 cm³/mol. The largest absolute Gasteiger partial charge is 0.573 e. The van der Waals surface area contributed by atoms with Crippen LogP contribution in [0.15, 0.2) is 48.5 Å². The number of amides is 3. The van der Waals surface area contributed by atoms with Gasteiger partial charge in [0, 0.05) is 12.1 Å². The van der Waals surface area contributed by atoms with Gasteiger partial charge in [-0.3, -0.25) is 4.79 Å². The minimum absolute atomic E-state index is 0.167. The third kappa shape index (κ3) is 11.9. The molecule has 276 valence electrons.